The summed E-state index contributed by atoms with van der Waals surface area (Å²) in [4.78, 5) is 16.9. The summed E-state index contributed by atoms with van der Waals surface area (Å²) in [5, 5.41) is 5.60. The van der Waals surface area contributed by atoms with Gasteiger partial charge in [-0.2, -0.15) is 0 Å². The fourth-order valence-corrected chi connectivity index (χ4v) is 5.65. The van der Waals surface area contributed by atoms with Gasteiger partial charge in [-0.1, -0.05) is 48.0 Å². The zero-order chi connectivity index (χ0) is 21.7. The molecule has 30 heavy (non-hydrogen) atoms. The predicted molar refractivity (Wildman–Crippen MR) is 120 cm³/mol. The van der Waals surface area contributed by atoms with Gasteiger partial charge in [-0.05, 0) is 31.9 Å². The summed E-state index contributed by atoms with van der Waals surface area (Å²) in [6.45, 7) is 5.83. The van der Waals surface area contributed by atoms with Crippen molar-refractivity contribution in [2.75, 3.05) is 6.54 Å². The van der Waals surface area contributed by atoms with Gasteiger partial charge in [0.05, 0.1) is 17.1 Å². The molecule has 3 aromatic rings. The summed E-state index contributed by atoms with van der Waals surface area (Å²) >= 11 is 1.52. The van der Waals surface area contributed by atoms with Crippen LogP contribution >= 0.6 is 11.3 Å². The lowest BCUT2D eigenvalue weighted by Gasteiger charge is -2.13. The van der Waals surface area contributed by atoms with E-state index in [-0.39, 0.29) is 23.8 Å². The van der Waals surface area contributed by atoms with Crippen LogP contribution in [0.15, 0.2) is 52.7 Å². The van der Waals surface area contributed by atoms with E-state index in [1.165, 1.54) is 11.3 Å². The third-order valence-electron chi connectivity index (χ3n) is 4.56. The molecule has 2 N–H and O–H groups in total. The van der Waals surface area contributed by atoms with Gasteiger partial charge in [0, 0.05) is 23.9 Å². The summed E-state index contributed by atoms with van der Waals surface area (Å²) in [5.74, 6) is -0.232. The van der Waals surface area contributed by atoms with Crippen molar-refractivity contribution in [3.8, 4) is 10.6 Å². The highest BCUT2D eigenvalue weighted by molar-refractivity contribution is 7.89. The first kappa shape index (κ1) is 22.1. The SMILES string of the molecule is Cc1cc(C)c(S(=O)(=O)NCCC(=O)NCc2csc(-c3ccccc3)n2)c(C)c1. The number of sulfonamides is 1. The first-order valence-corrected chi connectivity index (χ1v) is 12.0. The number of aromatic nitrogens is 1. The van der Waals surface area contributed by atoms with Gasteiger partial charge in [0.2, 0.25) is 15.9 Å². The van der Waals surface area contributed by atoms with Gasteiger partial charge in [0.15, 0.2) is 0 Å². The number of carbonyl (C=O) groups excluding carboxylic acids is 1. The van der Waals surface area contributed by atoms with Gasteiger partial charge >= 0.3 is 0 Å². The van der Waals surface area contributed by atoms with Crippen LogP contribution in [0, 0.1) is 20.8 Å². The number of benzene rings is 2. The highest BCUT2D eigenvalue weighted by Crippen LogP contribution is 2.23. The van der Waals surface area contributed by atoms with E-state index in [1.54, 1.807) is 13.8 Å². The van der Waals surface area contributed by atoms with Crippen LogP contribution in [-0.4, -0.2) is 25.9 Å². The molecule has 1 aromatic heterocycles. The number of rotatable bonds is 8. The molecular weight excluding hydrogens is 418 g/mol. The van der Waals surface area contributed by atoms with Gasteiger partial charge < -0.3 is 5.32 Å². The Morgan fingerprint density at radius 1 is 1.07 bits per heavy atom. The molecule has 3 rings (SSSR count). The molecule has 1 amide bonds. The third kappa shape index (κ3) is 5.53. The second-order valence-corrected chi connectivity index (χ2v) is 9.72. The molecule has 8 heteroatoms. The van der Waals surface area contributed by atoms with E-state index in [0.29, 0.717) is 17.7 Å². The summed E-state index contributed by atoms with van der Waals surface area (Å²) in [6, 6.07) is 13.5. The van der Waals surface area contributed by atoms with Crippen LogP contribution in [0.3, 0.4) is 0 Å². The number of carbonyl (C=O) groups is 1. The molecule has 0 atom stereocenters. The Morgan fingerprint density at radius 2 is 1.73 bits per heavy atom. The topological polar surface area (TPSA) is 88.2 Å². The smallest absolute Gasteiger partial charge is 0.241 e. The van der Waals surface area contributed by atoms with Gasteiger partial charge in [-0.25, -0.2) is 18.1 Å². The second kappa shape index (κ2) is 9.51. The predicted octanol–water partition coefficient (Wildman–Crippen LogP) is 3.72. The van der Waals surface area contributed by atoms with E-state index >= 15 is 0 Å². The third-order valence-corrected chi connectivity index (χ3v) is 7.26. The first-order valence-electron chi connectivity index (χ1n) is 9.60. The van der Waals surface area contributed by atoms with Crippen molar-refractivity contribution in [1.82, 2.24) is 15.0 Å². The van der Waals surface area contributed by atoms with Crippen molar-refractivity contribution in [3.63, 3.8) is 0 Å². The molecule has 1 heterocycles. The number of nitrogens with one attached hydrogen (secondary N) is 2. The average Bonchev–Trinajstić information content (AvgIpc) is 3.15. The lowest BCUT2D eigenvalue weighted by atomic mass is 10.1. The molecule has 158 valence electrons. The van der Waals surface area contributed by atoms with Crippen LogP contribution in [0.2, 0.25) is 0 Å². The van der Waals surface area contributed by atoms with E-state index in [0.717, 1.165) is 21.8 Å². The largest absolute Gasteiger partial charge is 0.350 e. The zero-order valence-electron chi connectivity index (χ0n) is 17.2. The molecular formula is C22H25N3O3S2. The Balaban J connectivity index is 1.50. The van der Waals surface area contributed by atoms with Crippen LogP contribution < -0.4 is 10.0 Å². The van der Waals surface area contributed by atoms with Crippen LogP contribution in [0.4, 0.5) is 0 Å². The Bertz CT molecular complexity index is 1120. The van der Waals surface area contributed by atoms with Crippen molar-refractivity contribution >= 4 is 27.3 Å². The number of amides is 1. The van der Waals surface area contributed by atoms with E-state index in [4.69, 9.17) is 0 Å². The monoisotopic (exact) mass is 443 g/mol. The first-order chi connectivity index (χ1) is 14.3. The minimum atomic E-state index is -3.67. The van der Waals surface area contributed by atoms with Crippen LogP contribution in [-0.2, 0) is 21.4 Å². The Hall–Kier alpha value is -2.55. The highest BCUT2D eigenvalue weighted by atomic mass is 32.2. The fraction of sp³-hybridized carbons (Fsp3) is 0.273. The quantitative estimate of drug-likeness (QED) is 0.555. The second-order valence-electron chi connectivity index (χ2n) is 7.16. The minimum Gasteiger partial charge on any atom is -0.350 e. The van der Waals surface area contributed by atoms with Crippen molar-refractivity contribution in [2.24, 2.45) is 0 Å². The number of aryl methyl sites for hydroxylation is 3. The molecule has 6 nitrogen and oxygen atoms in total. The van der Waals surface area contributed by atoms with Crippen molar-refractivity contribution in [1.29, 1.82) is 0 Å². The summed E-state index contributed by atoms with van der Waals surface area (Å²) in [5.41, 5.74) is 4.22. The molecule has 0 saturated carbocycles. The number of thiazole rings is 1. The molecule has 0 aliphatic heterocycles. The molecule has 0 spiro atoms. The maximum absolute atomic E-state index is 12.6. The molecule has 2 aromatic carbocycles. The fourth-order valence-electron chi connectivity index (χ4n) is 3.34. The highest BCUT2D eigenvalue weighted by Gasteiger charge is 2.19. The average molecular weight is 444 g/mol. The number of hydrogen-bond donors (Lipinski definition) is 2. The summed E-state index contributed by atoms with van der Waals surface area (Å²) in [7, 11) is -3.67. The summed E-state index contributed by atoms with van der Waals surface area (Å²) in [6.07, 6.45) is 0.0544. The van der Waals surface area contributed by atoms with E-state index in [9.17, 15) is 13.2 Å². The van der Waals surface area contributed by atoms with Crippen LogP contribution in [0.1, 0.15) is 28.8 Å². The molecule has 0 saturated heterocycles. The molecule has 0 fully saturated rings. The van der Waals surface area contributed by atoms with Crippen LogP contribution in [0.25, 0.3) is 10.6 Å². The molecule has 0 aliphatic carbocycles. The normalized spacial score (nSPS) is 11.4. The number of nitrogens with zero attached hydrogens (tertiary/aromatic N) is 1. The van der Waals surface area contributed by atoms with Crippen molar-refractivity contribution in [3.05, 3.63) is 70.2 Å². The van der Waals surface area contributed by atoms with Gasteiger partial charge in [-0.15, -0.1) is 11.3 Å². The molecule has 0 aliphatic rings. The molecule has 0 bridgehead atoms. The lowest BCUT2D eigenvalue weighted by molar-refractivity contribution is -0.121. The van der Waals surface area contributed by atoms with Gasteiger partial charge in [0.25, 0.3) is 0 Å². The number of hydrogen-bond acceptors (Lipinski definition) is 5. The van der Waals surface area contributed by atoms with Crippen molar-refractivity contribution < 1.29 is 13.2 Å². The van der Waals surface area contributed by atoms with Crippen LogP contribution in [0.5, 0.6) is 0 Å². The standard InChI is InChI=1S/C22H25N3O3S2/c1-15-11-16(2)21(17(3)12-15)30(27,28)24-10-9-20(26)23-13-19-14-29-22(25-19)18-7-5-4-6-8-18/h4-8,11-12,14,24H,9-10,13H2,1-3H3,(H,23,26). The molecule has 0 unspecified atom stereocenters. The maximum atomic E-state index is 12.6. The lowest BCUT2D eigenvalue weighted by Crippen LogP contribution is -2.31. The van der Waals surface area contributed by atoms with Crippen molar-refractivity contribution in [2.45, 2.75) is 38.6 Å². The van der Waals surface area contributed by atoms with Gasteiger partial charge in [-0.3, -0.25) is 4.79 Å². The zero-order valence-corrected chi connectivity index (χ0v) is 18.9. The summed E-state index contributed by atoms with van der Waals surface area (Å²) < 4.78 is 27.8. The maximum Gasteiger partial charge on any atom is 0.241 e. The Kier molecular flexibility index (Phi) is 7.02. The van der Waals surface area contributed by atoms with E-state index in [1.807, 2.05) is 54.8 Å². The van der Waals surface area contributed by atoms with E-state index in [2.05, 4.69) is 15.0 Å². The van der Waals surface area contributed by atoms with E-state index < -0.39 is 10.0 Å². The Morgan fingerprint density at radius 3 is 2.40 bits per heavy atom. The Labute approximate surface area is 181 Å². The molecule has 0 radical (unpaired) electrons. The minimum absolute atomic E-state index is 0.0350. The van der Waals surface area contributed by atoms with Gasteiger partial charge in [0.1, 0.15) is 5.01 Å².